The summed E-state index contributed by atoms with van der Waals surface area (Å²) < 4.78 is 22.0. The van der Waals surface area contributed by atoms with Crippen molar-refractivity contribution < 1.29 is 28.4 Å². The van der Waals surface area contributed by atoms with Gasteiger partial charge in [-0.2, -0.15) is 0 Å². The van der Waals surface area contributed by atoms with Crippen molar-refractivity contribution in [2.24, 2.45) is 5.73 Å². The van der Waals surface area contributed by atoms with Crippen molar-refractivity contribution in [3.8, 4) is 0 Å². The third-order valence-corrected chi connectivity index (χ3v) is 9.07. The molecular formula is C45H75N2O6P. The summed E-state index contributed by atoms with van der Waals surface area (Å²) in [6, 6.07) is -0.914. The summed E-state index contributed by atoms with van der Waals surface area (Å²) in [4.78, 5) is 22.6. The smallest absolute Gasteiger partial charge is 0.387 e. The lowest BCUT2D eigenvalue weighted by Gasteiger charge is -2.23. The van der Waals surface area contributed by atoms with Crippen LogP contribution in [-0.2, 0) is 18.4 Å². The van der Waals surface area contributed by atoms with Crippen LogP contribution in [-0.4, -0.2) is 47.8 Å². The maximum atomic E-state index is 12.7. The number of carbonyl (C=O) groups excluding carboxylic acids is 1. The third kappa shape index (κ3) is 37.5. The number of unbranched alkanes of at least 4 members (excludes halogenated alkanes) is 8. The van der Waals surface area contributed by atoms with Gasteiger partial charge in [-0.3, -0.25) is 13.8 Å². The fraction of sp³-hybridized carbons (Fsp3) is 0.578. The number of nitrogens with one attached hydrogen (secondary N) is 1. The molecule has 0 saturated heterocycles. The van der Waals surface area contributed by atoms with E-state index in [0.717, 1.165) is 70.6 Å². The molecule has 0 bridgehead atoms. The molecule has 0 aliphatic heterocycles. The lowest BCUT2D eigenvalue weighted by Crippen LogP contribution is -2.45. The van der Waals surface area contributed by atoms with Crippen molar-refractivity contribution in [2.45, 2.75) is 148 Å². The van der Waals surface area contributed by atoms with Crippen LogP contribution in [0.5, 0.6) is 0 Å². The van der Waals surface area contributed by atoms with Crippen molar-refractivity contribution >= 4 is 13.7 Å². The maximum absolute atomic E-state index is 12.7. The quantitative estimate of drug-likeness (QED) is 0.0283. The zero-order valence-corrected chi connectivity index (χ0v) is 34.5. The van der Waals surface area contributed by atoms with Gasteiger partial charge in [-0.15, -0.1) is 0 Å². The van der Waals surface area contributed by atoms with Crippen molar-refractivity contribution in [3.63, 3.8) is 0 Å². The number of carbonyl (C=O) groups is 1. The van der Waals surface area contributed by atoms with Gasteiger partial charge in [-0.25, -0.2) is 4.57 Å². The van der Waals surface area contributed by atoms with Gasteiger partial charge in [0.15, 0.2) is 0 Å². The molecule has 0 aromatic carbocycles. The Balaban J connectivity index is 4.41. The van der Waals surface area contributed by atoms with E-state index in [1.54, 1.807) is 6.08 Å². The van der Waals surface area contributed by atoms with Gasteiger partial charge in [0.2, 0.25) is 5.91 Å². The normalized spacial score (nSPS) is 15.3. The number of phosphoric acid groups is 1. The van der Waals surface area contributed by atoms with Gasteiger partial charge in [0.05, 0.1) is 25.4 Å². The fourth-order valence-corrected chi connectivity index (χ4v) is 5.78. The van der Waals surface area contributed by atoms with Crippen LogP contribution in [0.2, 0.25) is 0 Å². The first-order valence-electron chi connectivity index (χ1n) is 20.5. The molecule has 0 aromatic rings. The Hall–Kier alpha value is -2.84. The summed E-state index contributed by atoms with van der Waals surface area (Å²) in [5.41, 5.74) is 5.35. The van der Waals surface area contributed by atoms with Gasteiger partial charge in [-0.05, 0) is 83.5 Å². The molecule has 0 spiro atoms. The van der Waals surface area contributed by atoms with Crippen LogP contribution < -0.4 is 11.1 Å². The Kier molecular flexibility index (Phi) is 37.7. The topological polar surface area (TPSA) is 131 Å². The second-order valence-corrected chi connectivity index (χ2v) is 14.6. The monoisotopic (exact) mass is 771 g/mol. The van der Waals surface area contributed by atoms with E-state index >= 15 is 0 Å². The number of hydrogen-bond acceptors (Lipinski definition) is 6. The second kappa shape index (κ2) is 39.8. The predicted octanol–water partition coefficient (Wildman–Crippen LogP) is 11.4. The molecule has 0 rings (SSSR count). The van der Waals surface area contributed by atoms with Crippen molar-refractivity contribution in [2.75, 3.05) is 19.8 Å². The molecule has 8 nitrogen and oxygen atoms in total. The molecular weight excluding hydrogens is 695 g/mol. The Morgan fingerprint density at radius 3 is 1.65 bits per heavy atom. The molecule has 3 atom stereocenters. The van der Waals surface area contributed by atoms with Crippen LogP contribution in [0.3, 0.4) is 0 Å². The molecule has 5 N–H and O–H groups in total. The van der Waals surface area contributed by atoms with Gasteiger partial charge in [0.25, 0.3) is 0 Å². The Labute approximate surface area is 329 Å². The van der Waals surface area contributed by atoms with Crippen LogP contribution in [0.4, 0.5) is 0 Å². The average molecular weight is 771 g/mol. The first-order valence-corrected chi connectivity index (χ1v) is 22.0. The molecule has 1 amide bonds. The SMILES string of the molecule is CC/C=C\C/C=C\C/C=C\C/C=C\C/C=C\C/C=C\C/C=C\CCCC(=O)NC(COP(=O)(O)OCCN)C(O)/C=C/CC/C=C/CCCCCCCC. The van der Waals surface area contributed by atoms with Gasteiger partial charge < -0.3 is 21.1 Å². The number of aliphatic hydroxyl groups is 1. The molecule has 0 aliphatic rings. The van der Waals surface area contributed by atoms with E-state index in [2.05, 4.69) is 116 Å². The molecule has 0 saturated carbocycles. The number of rotatable bonds is 36. The summed E-state index contributed by atoms with van der Waals surface area (Å²) in [5.74, 6) is -0.269. The first-order chi connectivity index (χ1) is 26.4. The molecule has 306 valence electrons. The zero-order chi connectivity index (χ0) is 39.6. The van der Waals surface area contributed by atoms with E-state index in [-0.39, 0.29) is 32.1 Å². The summed E-state index contributed by atoms with van der Waals surface area (Å²) >= 11 is 0. The fourth-order valence-electron chi connectivity index (χ4n) is 5.02. The number of nitrogens with two attached hydrogens (primary N) is 1. The van der Waals surface area contributed by atoms with E-state index in [1.807, 2.05) is 6.08 Å². The molecule has 0 aliphatic carbocycles. The third-order valence-electron chi connectivity index (χ3n) is 8.08. The van der Waals surface area contributed by atoms with Crippen molar-refractivity contribution in [1.29, 1.82) is 0 Å². The molecule has 0 radical (unpaired) electrons. The van der Waals surface area contributed by atoms with Crippen molar-refractivity contribution in [3.05, 3.63) is 109 Å². The highest BCUT2D eigenvalue weighted by Crippen LogP contribution is 2.43. The summed E-state index contributed by atoms with van der Waals surface area (Å²) in [5, 5.41) is 13.5. The molecule has 0 heterocycles. The summed E-state index contributed by atoms with van der Waals surface area (Å²) in [7, 11) is -4.37. The van der Waals surface area contributed by atoms with Crippen LogP contribution in [0.1, 0.15) is 136 Å². The summed E-state index contributed by atoms with van der Waals surface area (Å²) in [6.07, 6.45) is 55.8. The van der Waals surface area contributed by atoms with E-state index in [0.29, 0.717) is 6.42 Å². The number of allylic oxidation sites excluding steroid dienone is 17. The first kappa shape index (κ1) is 51.2. The largest absolute Gasteiger partial charge is 0.472 e. The Bertz CT molecular complexity index is 1200. The number of amides is 1. The van der Waals surface area contributed by atoms with Gasteiger partial charge in [0.1, 0.15) is 0 Å². The van der Waals surface area contributed by atoms with E-state index in [4.69, 9.17) is 14.8 Å². The minimum absolute atomic E-state index is 0.0582. The Morgan fingerprint density at radius 2 is 1.09 bits per heavy atom. The number of aliphatic hydroxyl groups excluding tert-OH is 1. The van der Waals surface area contributed by atoms with Gasteiger partial charge in [-0.1, -0.05) is 155 Å². The standard InChI is InChI=1S/C45H75N2O6P/c1-3-5-7-9-11-13-15-17-18-19-20-21-22-23-24-25-26-27-29-31-33-35-37-39-45(49)47-43(42-53-54(50,51)52-41-40-46)44(48)38-36-34-32-30-28-16-14-12-10-8-6-4-2/h5,7,11,13,17-18,20-21,23-24,26-28,30-31,33,36,38,43-44,48H,3-4,6,8-10,12,14-16,19,22,25,29,32,34-35,37,39-42,46H2,1-2H3,(H,47,49)(H,50,51)/b7-5-,13-11-,18-17-,21-20-,24-23-,27-26-,30-28+,33-31-,38-36+. The van der Waals surface area contributed by atoms with Crippen molar-refractivity contribution in [1.82, 2.24) is 5.32 Å². The zero-order valence-electron chi connectivity index (χ0n) is 33.7. The number of hydrogen-bond donors (Lipinski definition) is 4. The highest BCUT2D eigenvalue weighted by atomic mass is 31.2. The number of phosphoric ester groups is 1. The van der Waals surface area contributed by atoms with Crippen LogP contribution >= 0.6 is 7.82 Å². The lowest BCUT2D eigenvalue weighted by molar-refractivity contribution is -0.122. The Morgan fingerprint density at radius 1 is 0.630 bits per heavy atom. The van der Waals surface area contributed by atoms with Crippen LogP contribution in [0.15, 0.2) is 109 Å². The molecule has 3 unspecified atom stereocenters. The maximum Gasteiger partial charge on any atom is 0.472 e. The minimum Gasteiger partial charge on any atom is -0.387 e. The van der Waals surface area contributed by atoms with E-state index in [9.17, 15) is 19.4 Å². The highest BCUT2D eigenvalue weighted by molar-refractivity contribution is 7.47. The summed E-state index contributed by atoms with van der Waals surface area (Å²) in [6.45, 7) is 3.90. The van der Waals surface area contributed by atoms with Gasteiger partial charge >= 0.3 is 7.82 Å². The average Bonchev–Trinajstić information content (AvgIpc) is 3.16. The molecule has 0 fully saturated rings. The van der Waals surface area contributed by atoms with E-state index < -0.39 is 20.0 Å². The van der Waals surface area contributed by atoms with E-state index in [1.165, 1.54) is 38.5 Å². The van der Waals surface area contributed by atoms with Crippen LogP contribution in [0, 0.1) is 0 Å². The molecule has 0 aromatic heterocycles. The predicted molar refractivity (Wildman–Crippen MR) is 230 cm³/mol. The highest BCUT2D eigenvalue weighted by Gasteiger charge is 2.26. The molecule has 9 heteroatoms. The second-order valence-electron chi connectivity index (χ2n) is 13.1. The van der Waals surface area contributed by atoms with Crippen LogP contribution in [0.25, 0.3) is 0 Å². The minimum atomic E-state index is -4.37. The van der Waals surface area contributed by atoms with Gasteiger partial charge in [0, 0.05) is 13.0 Å². The lowest BCUT2D eigenvalue weighted by atomic mass is 10.1. The molecule has 54 heavy (non-hydrogen) atoms.